The number of thiazole rings is 1. The topological polar surface area (TPSA) is 65.6 Å². The monoisotopic (exact) mass is 729 g/mol. The number of hydrogen-bond donors (Lipinski definition) is 0. The van der Waals surface area contributed by atoms with Gasteiger partial charge in [0.25, 0.3) is 5.56 Å². The fourth-order valence-electron chi connectivity index (χ4n) is 6.88. The molecule has 260 valence electrons. The second-order valence-electron chi connectivity index (χ2n) is 12.4. The zero-order valence-corrected chi connectivity index (χ0v) is 30.8. The van der Waals surface area contributed by atoms with Gasteiger partial charge in [-0.1, -0.05) is 133 Å². The molecule has 6 nitrogen and oxygen atoms in total. The second kappa shape index (κ2) is 14.9. The number of hydrogen-bond acceptors (Lipinski definition) is 6. The van der Waals surface area contributed by atoms with Crippen LogP contribution in [0, 0.1) is 0 Å². The highest BCUT2D eigenvalue weighted by molar-refractivity contribution is 7.98. The smallest absolute Gasteiger partial charge is 0.338 e. The zero-order chi connectivity index (χ0) is 36.3. The summed E-state index contributed by atoms with van der Waals surface area (Å²) in [5.74, 6) is -0.498. The summed E-state index contributed by atoms with van der Waals surface area (Å²) in [5.41, 5.74) is 8.10. The maximum absolute atomic E-state index is 14.9. The van der Waals surface area contributed by atoms with Crippen LogP contribution in [0.25, 0.3) is 40.0 Å². The predicted octanol–water partition coefficient (Wildman–Crippen LogP) is 8.78. The van der Waals surface area contributed by atoms with Gasteiger partial charge in [-0.25, -0.2) is 9.79 Å². The Bertz CT molecular complexity index is 2630. The van der Waals surface area contributed by atoms with E-state index in [1.165, 1.54) is 11.3 Å². The van der Waals surface area contributed by atoms with Gasteiger partial charge in [0, 0.05) is 21.7 Å². The highest BCUT2D eigenvalue weighted by Crippen LogP contribution is 2.38. The molecular weight excluding hydrogens is 695 g/mol. The molecule has 0 aliphatic carbocycles. The van der Waals surface area contributed by atoms with Gasteiger partial charge < -0.3 is 9.30 Å². The van der Waals surface area contributed by atoms with Crippen molar-refractivity contribution in [2.75, 3.05) is 12.9 Å². The number of carbonyl (C=O) groups is 1. The van der Waals surface area contributed by atoms with E-state index in [1.807, 2.05) is 122 Å². The fourth-order valence-corrected chi connectivity index (χ4v) is 8.28. The predicted molar refractivity (Wildman–Crippen MR) is 216 cm³/mol. The first-order valence-electron chi connectivity index (χ1n) is 17.4. The molecule has 0 fully saturated rings. The van der Waals surface area contributed by atoms with Crippen LogP contribution in [-0.4, -0.2) is 28.0 Å². The number of fused-ring (bicyclic) bond motifs is 1. The lowest BCUT2D eigenvalue weighted by molar-refractivity contribution is -0.138. The minimum Gasteiger partial charge on any atom is -0.463 e. The summed E-state index contributed by atoms with van der Waals surface area (Å²) in [6.45, 7) is 1.98. The van der Waals surface area contributed by atoms with Crippen molar-refractivity contribution in [1.82, 2.24) is 9.13 Å². The average molecular weight is 730 g/mol. The molecule has 0 spiro atoms. The molecule has 8 heteroatoms. The molecule has 53 heavy (non-hydrogen) atoms. The van der Waals surface area contributed by atoms with Crippen LogP contribution in [0.15, 0.2) is 172 Å². The van der Waals surface area contributed by atoms with Crippen LogP contribution < -0.4 is 14.9 Å². The third-order valence-electron chi connectivity index (χ3n) is 9.25. The van der Waals surface area contributed by atoms with Gasteiger partial charge in [0.2, 0.25) is 0 Å². The van der Waals surface area contributed by atoms with Crippen LogP contribution in [0.5, 0.6) is 0 Å². The Morgan fingerprint density at radius 3 is 1.98 bits per heavy atom. The molecule has 0 saturated carbocycles. The van der Waals surface area contributed by atoms with E-state index in [-0.39, 0.29) is 12.2 Å². The second-order valence-corrected chi connectivity index (χ2v) is 14.3. The Labute approximate surface area is 315 Å². The molecule has 0 N–H and O–H groups in total. The maximum Gasteiger partial charge on any atom is 0.338 e. The Kier molecular flexibility index (Phi) is 9.63. The van der Waals surface area contributed by atoms with Gasteiger partial charge in [-0.05, 0) is 66.3 Å². The number of nitrogens with zero attached hydrogens (tertiary/aromatic N) is 3. The van der Waals surface area contributed by atoms with Gasteiger partial charge in [-0.2, -0.15) is 0 Å². The normalized spacial score (nSPS) is 14.2. The summed E-state index contributed by atoms with van der Waals surface area (Å²) in [5, 5.41) is 0. The van der Waals surface area contributed by atoms with Crippen molar-refractivity contribution in [3.8, 4) is 28.2 Å². The van der Waals surface area contributed by atoms with Crippen LogP contribution in [0.3, 0.4) is 0 Å². The van der Waals surface area contributed by atoms with E-state index < -0.39 is 12.0 Å². The summed E-state index contributed by atoms with van der Waals surface area (Å²) in [6, 6.07) is 49.9. The Hall–Kier alpha value is -5.96. The molecule has 0 saturated heterocycles. The first-order valence-corrected chi connectivity index (χ1v) is 19.4. The van der Waals surface area contributed by atoms with Gasteiger partial charge in [0.05, 0.1) is 39.8 Å². The molecule has 8 rings (SSSR count). The lowest BCUT2D eigenvalue weighted by atomic mass is 9.93. The summed E-state index contributed by atoms with van der Waals surface area (Å²) in [4.78, 5) is 35.5. The molecular formula is C45H35N3O3S2. The Balaban J connectivity index is 1.42. The van der Waals surface area contributed by atoms with E-state index in [0.717, 1.165) is 49.8 Å². The van der Waals surface area contributed by atoms with Gasteiger partial charge >= 0.3 is 5.97 Å². The Morgan fingerprint density at radius 2 is 1.38 bits per heavy atom. The SMILES string of the molecule is CCOC(=O)C1=C(c2ccccc2)N=c2s/c(=C\c3cc(-c4ccccc4)n(-c4ccccc4)c3-c3ccccc3)c(=O)n2[C@H]1c1ccc(SC)cc1. The summed E-state index contributed by atoms with van der Waals surface area (Å²) in [6.07, 6.45) is 4.00. The third kappa shape index (κ3) is 6.52. The van der Waals surface area contributed by atoms with Crippen molar-refractivity contribution < 1.29 is 9.53 Å². The van der Waals surface area contributed by atoms with E-state index in [9.17, 15) is 9.59 Å². The number of ether oxygens (including phenoxy) is 1. The lowest BCUT2D eigenvalue weighted by Crippen LogP contribution is -2.40. The van der Waals surface area contributed by atoms with E-state index in [4.69, 9.17) is 9.73 Å². The maximum atomic E-state index is 14.9. The lowest BCUT2D eigenvalue weighted by Gasteiger charge is -2.26. The van der Waals surface area contributed by atoms with Crippen LogP contribution in [0.4, 0.5) is 0 Å². The minimum atomic E-state index is -0.749. The number of rotatable bonds is 9. The highest BCUT2D eigenvalue weighted by atomic mass is 32.2. The summed E-state index contributed by atoms with van der Waals surface area (Å²) < 4.78 is 10.1. The Morgan fingerprint density at radius 1 is 0.792 bits per heavy atom. The highest BCUT2D eigenvalue weighted by Gasteiger charge is 2.35. The van der Waals surface area contributed by atoms with E-state index in [0.29, 0.717) is 20.6 Å². The number of carbonyl (C=O) groups excluding carboxylic acids is 1. The number of para-hydroxylation sites is 1. The third-order valence-corrected chi connectivity index (χ3v) is 11.0. The first kappa shape index (κ1) is 34.1. The van der Waals surface area contributed by atoms with Crippen molar-refractivity contribution in [1.29, 1.82) is 0 Å². The van der Waals surface area contributed by atoms with Crippen molar-refractivity contribution in [2.24, 2.45) is 4.99 Å². The molecule has 5 aromatic carbocycles. The standard InChI is InChI=1S/C45H35N3O3S2/c1-3-51-44(50)39-40(31-18-10-5-11-19-31)46-45-48(42(39)33-24-26-36(52-2)27-25-33)43(49)38(53-45)29-34-28-37(30-16-8-4-9-17-30)47(35-22-14-7-15-23-35)41(34)32-20-12-6-13-21-32/h4-29,42H,3H2,1-2H3/b38-29-/t42-/m0/s1. The first-order chi connectivity index (χ1) is 26.1. The molecule has 1 aliphatic heterocycles. The number of thioether (sulfide) groups is 1. The molecule has 3 heterocycles. The van der Waals surface area contributed by atoms with Crippen LogP contribution >= 0.6 is 23.1 Å². The van der Waals surface area contributed by atoms with Gasteiger partial charge in [-0.3, -0.25) is 9.36 Å². The van der Waals surface area contributed by atoms with Crippen molar-refractivity contribution in [2.45, 2.75) is 17.9 Å². The van der Waals surface area contributed by atoms with E-state index in [2.05, 4.69) is 47.0 Å². The van der Waals surface area contributed by atoms with Crippen LogP contribution in [0.2, 0.25) is 0 Å². The van der Waals surface area contributed by atoms with Crippen molar-refractivity contribution in [3.05, 3.63) is 194 Å². The molecule has 2 aromatic heterocycles. The average Bonchev–Trinajstić information content (AvgIpc) is 3.75. The van der Waals surface area contributed by atoms with Gasteiger partial charge in [-0.15, -0.1) is 11.8 Å². The molecule has 0 unspecified atom stereocenters. The van der Waals surface area contributed by atoms with Crippen molar-refractivity contribution in [3.63, 3.8) is 0 Å². The molecule has 0 radical (unpaired) electrons. The molecule has 0 amide bonds. The zero-order valence-electron chi connectivity index (χ0n) is 29.2. The molecule has 7 aromatic rings. The van der Waals surface area contributed by atoms with Crippen LogP contribution in [0.1, 0.15) is 29.7 Å². The minimum absolute atomic E-state index is 0.192. The summed E-state index contributed by atoms with van der Waals surface area (Å²) in [7, 11) is 0. The number of benzene rings is 5. The molecule has 0 bridgehead atoms. The summed E-state index contributed by atoms with van der Waals surface area (Å²) >= 11 is 2.96. The van der Waals surface area contributed by atoms with E-state index in [1.54, 1.807) is 23.3 Å². The van der Waals surface area contributed by atoms with Gasteiger partial charge in [0.15, 0.2) is 4.80 Å². The molecule has 1 atom stereocenters. The van der Waals surface area contributed by atoms with E-state index >= 15 is 0 Å². The van der Waals surface area contributed by atoms with Crippen molar-refractivity contribution >= 4 is 40.8 Å². The quantitative estimate of drug-likeness (QED) is 0.110. The molecule has 1 aliphatic rings. The fraction of sp³-hybridized carbons (Fsp3) is 0.0889. The van der Waals surface area contributed by atoms with Crippen LogP contribution in [-0.2, 0) is 9.53 Å². The largest absolute Gasteiger partial charge is 0.463 e. The van der Waals surface area contributed by atoms with Gasteiger partial charge in [0.1, 0.15) is 0 Å². The number of aromatic nitrogens is 2. The number of esters is 1.